The maximum absolute atomic E-state index is 14.5. The van der Waals surface area contributed by atoms with Crippen LogP contribution in [-0.2, 0) is 30.2 Å². The summed E-state index contributed by atoms with van der Waals surface area (Å²) in [5, 5.41) is 12.5. The molecule has 0 spiro atoms. The number of amides is 1. The summed E-state index contributed by atoms with van der Waals surface area (Å²) >= 11 is 0. The molecule has 66 heavy (non-hydrogen) atoms. The van der Waals surface area contributed by atoms with Gasteiger partial charge < -0.3 is 14.8 Å². The van der Waals surface area contributed by atoms with Crippen LogP contribution in [0.3, 0.4) is 0 Å². The Bertz CT molecular complexity index is 4170. The number of aromatic nitrogens is 4. The minimum atomic E-state index is -4.14. The second kappa shape index (κ2) is 16.3. The van der Waals surface area contributed by atoms with Crippen molar-refractivity contribution in [3.05, 3.63) is 117 Å². The number of rotatable bonds is 13. The van der Waals surface area contributed by atoms with Crippen molar-refractivity contribution in [2.45, 2.75) is 19.8 Å². The molecule has 4 aromatic heterocycles. The molecule has 0 aliphatic heterocycles. The number of nitrogens with zero attached hydrogens (tertiary/aromatic N) is 4. The van der Waals surface area contributed by atoms with Crippen molar-refractivity contribution in [2.75, 3.05) is 38.7 Å². The van der Waals surface area contributed by atoms with E-state index in [1.807, 2.05) is 49.4 Å². The number of carbonyl (C=O) groups excluding carboxylic acids is 2. The molecule has 17 nitrogen and oxygen atoms in total. The lowest BCUT2D eigenvalue weighted by Crippen LogP contribution is -2.27. The Labute approximate surface area is 373 Å². The predicted molar refractivity (Wildman–Crippen MR) is 249 cm³/mol. The summed E-state index contributed by atoms with van der Waals surface area (Å²) in [5.74, 6) is -0.951. The van der Waals surface area contributed by atoms with Crippen LogP contribution in [0, 0.1) is 0 Å². The minimum absolute atomic E-state index is 0.0173. The second-order valence-corrected chi connectivity index (χ2v) is 17.8. The molecule has 2 N–H and O–H groups in total. The summed E-state index contributed by atoms with van der Waals surface area (Å²) in [6.45, 7) is 2.98. The molecule has 0 radical (unpaired) electrons. The smallest absolute Gasteiger partial charge is 0.382 e. The Morgan fingerprint density at radius 1 is 0.636 bits per heavy atom. The molecule has 4 heterocycles. The van der Waals surface area contributed by atoms with E-state index in [1.165, 1.54) is 0 Å². The number of ether oxygens (including phenoxy) is 2. The third kappa shape index (κ3) is 6.99. The number of hydrogen-bond donors (Lipinski definition) is 2. The van der Waals surface area contributed by atoms with Crippen molar-refractivity contribution in [1.82, 2.24) is 24.1 Å². The van der Waals surface area contributed by atoms with Gasteiger partial charge >= 0.3 is 10.6 Å². The number of fused-ring (bicyclic) bond motifs is 10. The Kier molecular flexibility index (Phi) is 10.5. The quantitative estimate of drug-likeness (QED) is 0.0452. The molecule has 11 aromatic rings. The normalized spacial score (nSPS) is 12.3. The summed E-state index contributed by atoms with van der Waals surface area (Å²) in [4.78, 5) is 65.0. The standard InChI is InChI=1S/C47H35N5O9S.O3S/c1-2-60-18-3-4-38(53)24-5-15-34-37(23-24)52-43(49-34)30-11-7-26-27-8-12-31-42-32(13-9-28(40(27)42)29-10-14-33(47(52)56)41(30)39(26)29)46(55)51-36-16-6-25(22-35(36)50-44(31)51)45(54)48-17-19-61-20-21-62(57,58)59;1-4(2)3/h5-16,22-23H,2-4,17-21H2,1H3,(H,48,54)(H,57,58,59);. The lowest BCUT2D eigenvalue weighted by molar-refractivity contribution is 0.0921. The summed E-state index contributed by atoms with van der Waals surface area (Å²) in [6, 6.07) is 26.0. The fraction of sp³-hybridized carbons (Fsp3) is 0.191. The van der Waals surface area contributed by atoms with Crippen molar-refractivity contribution in [3.8, 4) is 0 Å². The van der Waals surface area contributed by atoms with Gasteiger partial charge in [-0.3, -0.25) is 32.5 Å². The number of Topliss-reactive ketones (excluding diaryl/α,β-unsaturated/α-hetero) is 1. The van der Waals surface area contributed by atoms with Crippen LogP contribution in [0.2, 0.25) is 0 Å². The SMILES string of the molecule is CCOCCCC(=O)c1ccc2nc3c4ccc5c6ccc7c8c(ccc(c9ccc(c(=O)n3c2c1)c4c95)c68)c(=O)n1c2ccc(C(=O)NCCOCCS(=O)(=O)O)cc2nc71.O=S(=O)=O. The molecule has 0 bridgehead atoms. The van der Waals surface area contributed by atoms with Gasteiger partial charge in [-0.25, -0.2) is 9.97 Å². The van der Waals surface area contributed by atoms with Gasteiger partial charge in [-0.1, -0.05) is 24.3 Å². The van der Waals surface area contributed by atoms with E-state index in [1.54, 1.807) is 45.2 Å². The van der Waals surface area contributed by atoms with Gasteiger partial charge in [-0.2, -0.15) is 8.42 Å². The van der Waals surface area contributed by atoms with Gasteiger partial charge in [-0.15, -0.1) is 12.6 Å². The average molecular weight is 926 g/mol. The van der Waals surface area contributed by atoms with Crippen LogP contribution < -0.4 is 16.4 Å². The van der Waals surface area contributed by atoms with Crippen LogP contribution in [0.1, 0.15) is 40.5 Å². The molecule has 1 amide bonds. The summed E-state index contributed by atoms with van der Waals surface area (Å²) in [6.07, 6.45) is 0.954. The van der Waals surface area contributed by atoms with E-state index < -0.39 is 32.4 Å². The third-order valence-corrected chi connectivity index (χ3v) is 12.7. The molecule has 19 heteroatoms. The molecule has 0 aliphatic rings. The van der Waals surface area contributed by atoms with Crippen LogP contribution in [0.4, 0.5) is 0 Å². The molecule has 0 unspecified atom stereocenters. The molecular weight excluding hydrogens is 891 g/mol. The van der Waals surface area contributed by atoms with Crippen LogP contribution in [0.5, 0.6) is 0 Å². The van der Waals surface area contributed by atoms with Crippen molar-refractivity contribution in [2.24, 2.45) is 0 Å². The molecule has 0 saturated heterocycles. The molecule has 0 fully saturated rings. The van der Waals surface area contributed by atoms with E-state index in [9.17, 15) is 27.6 Å². The number of benzene rings is 7. The van der Waals surface area contributed by atoms with Gasteiger partial charge in [0.25, 0.3) is 27.1 Å². The largest absolute Gasteiger partial charge is 0.425 e. The van der Waals surface area contributed by atoms with Crippen molar-refractivity contribution >= 4 is 130 Å². The minimum Gasteiger partial charge on any atom is -0.382 e. The summed E-state index contributed by atoms with van der Waals surface area (Å²) < 4.78 is 69.8. The number of ketones is 1. The lowest BCUT2D eigenvalue weighted by Gasteiger charge is -2.18. The average Bonchev–Trinajstić information content (AvgIpc) is 3.88. The first-order chi connectivity index (χ1) is 31.8. The van der Waals surface area contributed by atoms with Gasteiger partial charge in [-0.05, 0) is 106 Å². The summed E-state index contributed by atoms with van der Waals surface area (Å²) in [5.41, 5.74) is 3.58. The highest BCUT2D eigenvalue weighted by molar-refractivity contribution is 7.85. The number of carbonyl (C=O) groups is 2. The molecular formula is C47H35N5O12S2. The van der Waals surface area contributed by atoms with E-state index in [0.29, 0.717) is 81.3 Å². The van der Waals surface area contributed by atoms with E-state index >= 15 is 0 Å². The Morgan fingerprint density at radius 3 is 1.73 bits per heavy atom. The van der Waals surface area contributed by atoms with E-state index in [0.717, 1.165) is 53.9 Å². The number of nitrogens with one attached hydrogen (secondary N) is 1. The van der Waals surface area contributed by atoms with Gasteiger partial charge in [0.15, 0.2) is 5.78 Å². The third-order valence-electron chi connectivity index (χ3n) is 12.1. The molecule has 0 aliphatic carbocycles. The van der Waals surface area contributed by atoms with Crippen LogP contribution in [0.15, 0.2) is 94.5 Å². The zero-order valence-electron chi connectivity index (χ0n) is 34.8. The number of hydrogen-bond acceptors (Lipinski definition) is 13. The topological polar surface area (TPSA) is 239 Å². The highest BCUT2D eigenvalue weighted by Crippen LogP contribution is 2.45. The first-order valence-corrected chi connectivity index (χ1v) is 23.4. The lowest BCUT2D eigenvalue weighted by atomic mass is 9.86. The van der Waals surface area contributed by atoms with Crippen molar-refractivity contribution in [3.63, 3.8) is 0 Å². The van der Waals surface area contributed by atoms with Crippen LogP contribution >= 0.6 is 0 Å². The number of imidazole rings is 2. The molecule has 0 saturated carbocycles. The predicted octanol–water partition coefficient (Wildman–Crippen LogP) is 5.87. The highest BCUT2D eigenvalue weighted by atomic mass is 32.2. The van der Waals surface area contributed by atoms with E-state index in [4.69, 9.17) is 36.6 Å². The maximum Gasteiger partial charge on any atom is 0.425 e. The first-order valence-electron chi connectivity index (χ1n) is 20.8. The van der Waals surface area contributed by atoms with E-state index in [-0.39, 0.29) is 36.7 Å². The summed E-state index contributed by atoms with van der Waals surface area (Å²) in [7, 11) is -7.25. The maximum atomic E-state index is 14.5. The van der Waals surface area contributed by atoms with Gasteiger partial charge in [0.2, 0.25) is 0 Å². The van der Waals surface area contributed by atoms with Crippen molar-refractivity contribution in [1.29, 1.82) is 0 Å². The first kappa shape index (κ1) is 42.6. The highest BCUT2D eigenvalue weighted by Gasteiger charge is 2.25. The monoisotopic (exact) mass is 925 g/mol. The Morgan fingerprint density at radius 2 is 1.15 bits per heavy atom. The second-order valence-electron chi connectivity index (χ2n) is 15.8. The van der Waals surface area contributed by atoms with Crippen molar-refractivity contribution < 1.29 is 44.7 Å². The fourth-order valence-corrected chi connectivity index (χ4v) is 9.66. The van der Waals surface area contributed by atoms with E-state index in [2.05, 4.69) is 11.4 Å². The zero-order valence-corrected chi connectivity index (χ0v) is 36.4. The molecule has 11 rings (SSSR count). The molecule has 332 valence electrons. The van der Waals surface area contributed by atoms with Gasteiger partial charge in [0.1, 0.15) is 11.3 Å². The Hall–Kier alpha value is -7.29. The fourth-order valence-electron chi connectivity index (χ4n) is 9.33. The van der Waals surface area contributed by atoms with Gasteiger partial charge in [0.05, 0.1) is 41.0 Å². The Balaban J connectivity index is 0.00000123. The molecule has 7 aromatic carbocycles. The van der Waals surface area contributed by atoms with Gasteiger partial charge in [0, 0.05) is 69.6 Å². The molecule has 0 atom stereocenters. The zero-order chi connectivity index (χ0) is 46.2. The van der Waals surface area contributed by atoms with Crippen LogP contribution in [-0.4, -0.2) is 94.8 Å². The van der Waals surface area contributed by atoms with Crippen LogP contribution in [0.25, 0.3) is 98.0 Å². The number of pyridine rings is 2.